The first-order valence-corrected chi connectivity index (χ1v) is 12.1. The van der Waals surface area contributed by atoms with Gasteiger partial charge in [-0.05, 0) is 61.6 Å². The largest absolute Gasteiger partial charge is 0.382 e. The number of aromatic nitrogens is 1. The third-order valence-corrected chi connectivity index (χ3v) is 7.32. The number of hydrogen-bond donors (Lipinski definition) is 1. The Labute approximate surface area is 191 Å². The second-order valence-electron chi connectivity index (χ2n) is 9.49. The SMILES string of the molecule is COCC1CN(c2cccc3c2C[C@@H](CN(C)[C@H]2CCCc4cccnc42)NC3)CCO1. The Morgan fingerprint density at radius 3 is 3.06 bits per heavy atom. The number of pyridine rings is 1. The predicted molar refractivity (Wildman–Crippen MR) is 127 cm³/mol. The van der Waals surface area contributed by atoms with E-state index in [4.69, 9.17) is 14.5 Å². The van der Waals surface area contributed by atoms with E-state index in [1.54, 1.807) is 7.11 Å². The Hall–Kier alpha value is -1.99. The Bertz CT molecular complexity index is 918. The molecule has 0 bridgehead atoms. The monoisotopic (exact) mass is 436 g/mol. The average Bonchev–Trinajstić information content (AvgIpc) is 2.83. The number of benzene rings is 1. The topological polar surface area (TPSA) is 49.9 Å². The zero-order chi connectivity index (χ0) is 21.9. The van der Waals surface area contributed by atoms with E-state index in [1.165, 1.54) is 40.9 Å². The highest BCUT2D eigenvalue weighted by Gasteiger charge is 2.30. The van der Waals surface area contributed by atoms with Crippen LogP contribution in [0.15, 0.2) is 36.5 Å². The van der Waals surface area contributed by atoms with Crippen LogP contribution in [0.1, 0.15) is 41.3 Å². The van der Waals surface area contributed by atoms with Gasteiger partial charge < -0.3 is 19.7 Å². The molecule has 3 aliphatic rings. The van der Waals surface area contributed by atoms with Crippen LogP contribution in [0.5, 0.6) is 0 Å². The molecule has 0 saturated carbocycles. The van der Waals surface area contributed by atoms with Gasteiger partial charge in [-0.15, -0.1) is 0 Å². The van der Waals surface area contributed by atoms with Crippen LogP contribution in [0.3, 0.4) is 0 Å². The maximum Gasteiger partial charge on any atom is 0.0983 e. The average molecular weight is 437 g/mol. The van der Waals surface area contributed by atoms with Crippen molar-refractivity contribution in [3.8, 4) is 0 Å². The first kappa shape index (κ1) is 21.8. The molecular formula is C26H36N4O2. The van der Waals surface area contributed by atoms with Crippen LogP contribution in [-0.4, -0.2) is 69.0 Å². The summed E-state index contributed by atoms with van der Waals surface area (Å²) in [6.07, 6.45) is 6.76. The van der Waals surface area contributed by atoms with E-state index >= 15 is 0 Å². The number of rotatable bonds is 6. The van der Waals surface area contributed by atoms with Gasteiger partial charge in [-0.2, -0.15) is 0 Å². The summed E-state index contributed by atoms with van der Waals surface area (Å²) in [6, 6.07) is 12.0. The molecule has 1 N–H and O–H groups in total. The predicted octanol–water partition coefficient (Wildman–Crippen LogP) is 2.96. The van der Waals surface area contributed by atoms with Crippen molar-refractivity contribution in [1.82, 2.24) is 15.2 Å². The highest BCUT2D eigenvalue weighted by atomic mass is 16.5. The fourth-order valence-electron chi connectivity index (χ4n) is 5.73. The lowest BCUT2D eigenvalue weighted by Crippen LogP contribution is -2.47. The fraction of sp³-hybridized carbons (Fsp3) is 0.577. The number of aryl methyl sites for hydroxylation is 1. The van der Waals surface area contributed by atoms with Gasteiger partial charge in [0.2, 0.25) is 0 Å². The maximum atomic E-state index is 5.89. The molecule has 1 unspecified atom stereocenters. The van der Waals surface area contributed by atoms with Gasteiger partial charge in [0.1, 0.15) is 0 Å². The Morgan fingerprint density at radius 2 is 2.16 bits per heavy atom. The van der Waals surface area contributed by atoms with Crippen molar-refractivity contribution in [3.63, 3.8) is 0 Å². The van der Waals surface area contributed by atoms with Gasteiger partial charge in [0.15, 0.2) is 0 Å². The molecule has 0 radical (unpaired) electrons. The number of fused-ring (bicyclic) bond motifs is 2. The molecule has 2 aromatic rings. The first-order chi connectivity index (χ1) is 15.7. The number of methoxy groups -OCH3 is 1. The molecule has 1 fully saturated rings. The number of morpholine rings is 1. The molecule has 172 valence electrons. The van der Waals surface area contributed by atoms with Crippen molar-refractivity contribution < 1.29 is 9.47 Å². The van der Waals surface area contributed by atoms with E-state index in [1.807, 2.05) is 6.20 Å². The van der Waals surface area contributed by atoms with Crippen molar-refractivity contribution >= 4 is 5.69 Å². The van der Waals surface area contributed by atoms with Gasteiger partial charge in [-0.3, -0.25) is 9.88 Å². The first-order valence-electron chi connectivity index (χ1n) is 12.1. The molecule has 6 heteroatoms. The van der Waals surface area contributed by atoms with Gasteiger partial charge in [0, 0.05) is 51.2 Å². The van der Waals surface area contributed by atoms with Gasteiger partial charge >= 0.3 is 0 Å². The standard InChI is InChI=1S/C26H36N4O2/c1-29(25-10-3-6-19-8-5-11-27-26(19)25)16-21-14-23-20(15-28-21)7-4-9-24(23)30-12-13-32-22(17-30)18-31-2/h4-5,7-9,11,21-22,25,28H,3,6,10,12-18H2,1-2H3/t21-,22?,25-/m0/s1. The van der Waals surface area contributed by atoms with Crippen LogP contribution in [0.4, 0.5) is 5.69 Å². The van der Waals surface area contributed by atoms with E-state index < -0.39 is 0 Å². The lowest BCUT2D eigenvalue weighted by molar-refractivity contribution is -0.0101. The Morgan fingerprint density at radius 1 is 1.25 bits per heavy atom. The van der Waals surface area contributed by atoms with E-state index in [-0.39, 0.29) is 6.10 Å². The highest BCUT2D eigenvalue weighted by Crippen LogP contribution is 2.33. The van der Waals surface area contributed by atoms with E-state index in [9.17, 15) is 0 Å². The van der Waals surface area contributed by atoms with Gasteiger partial charge in [-0.25, -0.2) is 0 Å². The summed E-state index contributed by atoms with van der Waals surface area (Å²) in [5.74, 6) is 0. The summed E-state index contributed by atoms with van der Waals surface area (Å²) in [6.45, 7) is 5.22. The summed E-state index contributed by atoms with van der Waals surface area (Å²) in [7, 11) is 4.02. The Balaban J connectivity index is 1.30. The lowest BCUT2D eigenvalue weighted by atomic mass is 9.89. The Kier molecular flexibility index (Phi) is 6.74. The molecule has 6 nitrogen and oxygen atoms in total. The molecule has 3 atom stereocenters. The van der Waals surface area contributed by atoms with Crippen molar-refractivity contribution in [2.45, 2.75) is 50.4 Å². The van der Waals surface area contributed by atoms with Crippen molar-refractivity contribution in [2.24, 2.45) is 0 Å². The van der Waals surface area contributed by atoms with Crippen LogP contribution in [0.2, 0.25) is 0 Å². The lowest BCUT2D eigenvalue weighted by Gasteiger charge is -2.39. The van der Waals surface area contributed by atoms with Crippen molar-refractivity contribution in [1.29, 1.82) is 0 Å². The summed E-state index contributed by atoms with van der Waals surface area (Å²) in [4.78, 5) is 9.78. The number of nitrogens with one attached hydrogen (secondary N) is 1. The molecule has 3 heterocycles. The minimum Gasteiger partial charge on any atom is -0.382 e. The van der Waals surface area contributed by atoms with Crippen LogP contribution >= 0.6 is 0 Å². The molecule has 0 amide bonds. The number of likely N-dealkylation sites (N-methyl/N-ethyl adjacent to an activating group) is 1. The molecule has 1 aromatic carbocycles. The zero-order valence-corrected chi connectivity index (χ0v) is 19.4. The van der Waals surface area contributed by atoms with E-state index in [0.29, 0.717) is 18.7 Å². The van der Waals surface area contributed by atoms with Gasteiger partial charge in [0.25, 0.3) is 0 Å². The third kappa shape index (κ3) is 4.55. The maximum absolute atomic E-state index is 5.89. The van der Waals surface area contributed by atoms with Crippen LogP contribution in [0, 0.1) is 0 Å². The summed E-state index contributed by atoms with van der Waals surface area (Å²) < 4.78 is 11.2. The molecule has 2 aliphatic heterocycles. The molecule has 32 heavy (non-hydrogen) atoms. The normalized spacial score (nSPS) is 25.5. The molecule has 1 aromatic heterocycles. The third-order valence-electron chi connectivity index (χ3n) is 7.32. The van der Waals surface area contributed by atoms with E-state index in [2.05, 4.69) is 52.5 Å². The van der Waals surface area contributed by atoms with Crippen LogP contribution in [-0.2, 0) is 28.9 Å². The minimum atomic E-state index is 0.145. The summed E-state index contributed by atoms with van der Waals surface area (Å²) >= 11 is 0. The molecule has 5 rings (SSSR count). The summed E-state index contributed by atoms with van der Waals surface area (Å²) in [5, 5.41) is 3.80. The van der Waals surface area contributed by atoms with Crippen molar-refractivity contribution in [2.75, 3.05) is 51.9 Å². The van der Waals surface area contributed by atoms with Crippen molar-refractivity contribution in [3.05, 3.63) is 58.9 Å². The minimum absolute atomic E-state index is 0.145. The molecule has 1 aliphatic carbocycles. The molecule has 0 spiro atoms. The second-order valence-corrected chi connectivity index (χ2v) is 9.49. The zero-order valence-electron chi connectivity index (χ0n) is 19.4. The van der Waals surface area contributed by atoms with Crippen LogP contribution in [0.25, 0.3) is 0 Å². The highest BCUT2D eigenvalue weighted by molar-refractivity contribution is 5.58. The number of hydrogen-bond acceptors (Lipinski definition) is 6. The van der Waals surface area contributed by atoms with Gasteiger partial charge in [0.05, 0.1) is 31.1 Å². The summed E-state index contributed by atoms with van der Waals surface area (Å²) in [5.41, 5.74) is 7.03. The number of nitrogens with zero attached hydrogens (tertiary/aromatic N) is 3. The molecule has 1 saturated heterocycles. The molecular weight excluding hydrogens is 400 g/mol. The number of ether oxygens (including phenoxy) is 2. The second kappa shape index (κ2) is 9.87. The quantitative estimate of drug-likeness (QED) is 0.752. The number of anilines is 1. The van der Waals surface area contributed by atoms with Crippen LogP contribution < -0.4 is 10.2 Å². The smallest absolute Gasteiger partial charge is 0.0983 e. The van der Waals surface area contributed by atoms with Gasteiger partial charge in [-0.1, -0.05) is 18.2 Å². The fourth-order valence-corrected chi connectivity index (χ4v) is 5.73. The van der Waals surface area contributed by atoms with E-state index in [0.717, 1.165) is 45.6 Å².